The minimum absolute atomic E-state index is 0. The lowest BCUT2D eigenvalue weighted by Gasteiger charge is -2.30. The SMILES string of the molecule is CCc1ccc(-c2nc(CC(=O)N3CCCc4c(N)cccc43)cs2)cc1.Cl. The molecule has 0 saturated heterocycles. The molecular formula is C22H24ClN3OS. The fourth-order valence-corrected chi connectivity index (χ4v) is 4.39. The summed E-state index contributed by atoms with van der Waals surface area (Å²) in [5.41, 5.74) is 12.2. The topological polar surface area (TPSA) is 59.2 Å². The van der Waals surface area contributed by atoms with Gasteiger partial charge in [0.25, 0.3) is 0 Å². The Morgan fingerprint density at radius 2 is 2.00 bits per heavy atom. The number of rotatable bonds is 4. The molecule has 1 aliphatic heterocycles. The molecule has 0 unspecified atom stereocenters. The number of thiazole rings is 1. The van der Waals surface area contributed by atoms with Crippen molar-refractivity contribution in [3.05, 3.63) is 64.7 Å². The number of carbonyl (C=O) groups is 1. The van der Waals surface area contributed by atoms with Crippen molar-refractivity contribution in [3.63, 3.8) is 0 Å². The second kappa shape index (κ2) is 8.76. The molecule has 4 nitrogen and oxygen atoms in total. The number of fused-ring (bicyclic) bond motifs is 1. The van der Waals surface area contributed by atoms with Gasteiger partial charge in [-0.05, 0) is 42.5 Å². The highest BCUT2D eigenvalue weighted by atomic mass is 35.5. The lowest BCUT2D eigenvalue weighted by Crippen LogP contribution is -2.36. The maximum Gasteiger partial charge on any atom is 0.233 e. The number of halogens is 1. The third-order valence-corrected chi connectivity index (χ3v) is 6.02. The first-order chi connectivity index (χ1) is 13.2. The number of nitrogens with zero attached hydrogens (tertiary/aromatic N) is 2. The predicted octanol–water partition coefficient (Wildman–Crippen LogP) is 4.90. The zero-order valence-corrected chi connectivity index (χ0v) is 17.5. The number of hydrogen-bond acceptors (Lipinski definition) is 4. The fourth-order valence-electron chi connectivity index (χ4n) is 3.56. The predicted molar refractivity (Wildman–Crippen MR) is 119 cm³/mol. The van der Waals surface area contributed by atoms with E-state index in [1.165, 1.54) is 5.56 Å². The molecule has 0 aliphatic carbocycles. The van der Waals surface area contributed by atoms with E-state index in [1.54, 1.807) is 11.3 Å². The van der Waals surface area contributed by atoms with E-state index in [0.717, 1.165) is 59.0 Å². The average Bonchev–Trinajstić information content (AvgIpc) is 3.16. The van der Waals surface area contributed by atoms with E-state index in [2.05, 4.69) is 31.2 Å². The quantitative estimate of drug-likeness (QED) is 0.619. The monoisotopic (exact) mass is 413 g/mol. The van der Waals surface area contributed by atoms with Crippen molar-refractivity contribution in [1.82, 2.24) is 4.98 Å². The highest BCUT2D eigenvalue weighted by molar-refractivity contribution is 7.13. The standard InChI is InChI=1S/C22H23N3OS.ClH/c1-2-15-8-10-16(11-9-15)22-24-17(14-27-22)13-21(26)25-12-4-5-18-19(23)6-3-7-20(18)25;/h3,6-11,14H,2,4-5,12-13,23H2,1H3;1H. The molecule has 146 valence electrons. The van der Waals surface area contributed by atoms with Crippen LogP contribution in [0.5, 0.6) is 0 Å². The Labute approximate surface area is 175 Å². The molecule has 0 spiro atoms. The van der Waals surface area contributed by atoms with Gasteiger partial charge < -0.3 is 10.6 Å². The van der Waals surface area contributed by atoms with Gasteiger partial charge in [-0.25, -0.2) is 4.98 Å². The second-order valence-electron chi connectivity index (χ2n) is 6.87. The Bertz CT molecular complexity index is 968. The lowest BCUT2D eigenvalue weighted by molar-refractivity contribution is -0.118. The summed E-state index contributed by atoms with van der Waals surface area (Å²) in [5.74, 6) is 0.0831. The van der Waals surface area contributed by atoms with Crippen molar-refractivity contribution < 1.29 is 4.79 Å². The Morgan fingerprint density at radius 3 is 2.75 bits per heavy atom. The molecule has 0 bridgehead atoms. The van der Waals surface area contributed by atoms with Gasteiger partial charge in [0.1, 0.15) is 5.01 Å². The van der Waals surface area contributed by atoms with Crippen molar-refractivity contribution in [2.24, 2.45) is 0 Å². The van der Waals surface area contributed by atoms with Crippen molar-refractivity contribution in [2.45, 2.75) is 32.6 Å². The summed E-state index contributed by atoms with van der Waals surface area (Å²) in [6.45, 7) is 2.89. The maximum atomic E-state index is 12.9. The summed E-state index contributed by atoms with van der Waals surface area (Å²) in [4.78, 5) is 19.5. The van der Waals surface area contributed by atoms with Gasteiger partial charge in [-0.15, -0.1) is 23.7 Å². The average molecular weight is 414 g/mol. The van der Waals surface area contributed by atoms with Crippen molar-refractivity contribution >= 4 is 41.0 Å². The minimum Gasteiger partial charge on any atom is -0.398 e. The van der Waals surface area contributed by atoms with Crippen molar-refractivity contribution in [1.29, 1.82) is 0 Å². The van der Waals surface area contributed by atoms with Gasteiger partial charge in [0.2, 0.25) is 5.91 Å². The molecule has 0 radical (unpaired) electrons. The molecule has 0 atom stereocenters. The summed E-state index contributed by atoms with van der Waals surface area (Å²) in [6.07, 6.45) is 3.22. The first kappa shape index (κ1) is 20.4. The highest BCUT2D eigenvalue weighted by Crippen LogP contribution is 2.32. The Morgan fingerprint density at radius 1 is 1.21 bits per heavy atom. The Kier molecular flexibility index (Phi) is 6.37. The van der Waals surface area contributed by atoms with Gasteiger partial charge in [0, 0.05) is 28.9 Å². The molecule has 1 aliphatic rings. The van der Waals surface area contributed by atoms with E-state index in [0.29, 0.717) is 6.42 Å². The molecule has 6 heteroatoms. The van der Waals surface area contributed by atoms with Gasteiger partial charge in [-0.1, -0.05) is 37.3 Å². The normalized spacial score (nSPS) is 13.0. The molecule has 4 rings (SSSR count). The third kappa shape index (κ3) is 4.05. The van der Waals surface area contributed by atoms with Crippen LogP contribution in [0.2, 0.25) is 0 Å². The van der Waals surface area contributed by atoms with Crippen molar-refractivity contribution in [3.8, 4) is 10.6 Å². The lowest BCUT2D eigenvalue weighted by atomic mass is 9.99. The van der Waals surface area contributed by atoms with Gasteiger partial charge >= 0.3 is 0 Å². The molecule has 3 aromatic rings. The number of hydrogen-bond donors (Lipinski definition) is 1. The maximum absolute atomic E-state index is 12.9. The van der Waals surface area contributed by atoms with E-state index in [1.807, 2.05) is 28.5 Å². The molecule has 1 amide bonds. The number of aryl methyl sites for hydroxylation is 1. The van der Waals surface area contributed by atoms with Crippen LogP contribution in [0, 0.1) is 0 Å². The number of anilines is 2. The molecule has 1 aromatic heterocycles. The smallest absolute Gasteiger partial charge is 0.233 e. The van der Waals surface area contributed by atoms with Crippen LogP contribution in [-0.4, -0.2) is 17.4 Å². The summed E-state index contributed by atoms with van der Waals surface area (Å²) < 4.78 is 0. The van der Waals surface area contributed by atoms with Crippen LogP contribution in [0.1, 0.15) is 30.2 Å². The van der Waals surface area contributed by atoms with Gasteiger partial charge in [-0.3, -0.25) is 4.79 Å². The number of carbonyl (C=O) groups excluding carboxylic acids is 1. The minimum atomic E-state index is 0. The summed E-state index contributed by atoms with van der Waals surface area (Å²) in [6, 6.07) is 14.3. The number of nitrogens with two attached hydrogens (primary N) is 1. The van der Waals surface area contributed by atoms with Gasteiger partial charge in [0.05, 0.1) is 12.1 Å². The van der Waals surface area contributed by atoms with Crippen LogP contribution in [0.4, 0.5) is 11.4 Å². The number of nitrogen functional groups attached to an aromatic ring is 1. The number of amides is 1. The zero-order chi connectivity index (χ0) is 18.8. The third-order valence-electron chi connectivity index (χ3n) is 5.08. The first-order valence-corrected chi connectivity index (χ1v) is 10.2. The van der Waals surface area contributed by atoms with Crippen LogP contribution < -0.4 is 10.6 Å². The molecule has 0 saturated carbocycles. The van der Waals surface area contributed by atoms with Gasteiger partial charge in [-0.2, -0.15) is 0 Å². The molecule has 2 heterocycles. The molecule has 0 fully saturated rings. The van der Waals surface area contributed by atoms with Gasteiger partial charge in [0.15, 0.2) is 0 Å². The van der Waals surface area contributed by atoms with E-state index < -0.39 is 0 Å². The second-order valence-corrected chi connectivity index (χ2v) is 7.72. The zero-order valence-electron chi connectivity index (χ0n) is 15.9. The number of aromatic nitrogens is 1. The summed E-state index contributed by atoms with van der Waals surface area (Å²) in [7, 11) is 0. The van der Waals surface area contributed by atoms with Crippen LogP contribution in [-0.2, 0) is 24.1 Å². The van der Waals surface area contributed by atoms with E-state index in [4.69, 9.17) is 10.7 Å². The largest absolute Gasteiger partial charge is 0.398 e. The van der Waals surface area contributed by atoms with Crippen LogP contribution in [0.3, 0.4) is 0 Å². The molecule has 28 heavy (non-hydrogen) atoms. The molecular weight excluding hydrogens is 390 g/mol. The Balaban J connectivity index is 0.00000225. The fraction of sp³-hybridized carbons (Fsp3) is 0.273. The van der Waals surface area contributed by atoms with Crippen LogP contribution >= 0.6 is 23.7 Å². The molecule has 2 aromatic carbocycles. The molecule has 2 N–H and O–H groups in total. The summed E-state index contributed by atoms with van der Waals surface area (Å²) in [5, 5.41) is 2.95. The first-order valence-electron chi connectivity index (χ1n) is 9.37. The number of benzene rings is 2. The summed E-state index contributed by atoms with van der Waals surface area (Å²) >= 11 is 1.59. The van der Waals surface area contributed by atoms with E-state index in [9.17, 15) is 4.79 Å². The van der Waals surface area contributed by atoms with Crippen LogP contribution in [0.15, 0.2) is 47.8 Å². The van der Waals surface area contributed by atoms with Crippen molar-refractivity contribution in [2.75, 3.05) is 17.2 Å². The highest BCUT2D eigenvalue weighted by Gasteiger charge is 2.24. The Hall–Kier alpha value is -2.37. The van der Waals surface area contributed by atoms with Crippen LogP contribution in [0.25, 0.3) is 10.6 Å². The van der Waals surface area contributed by atoms with E-state index in [-0.39, 0.29) is 18.3 Å². The van der Waals surface area contributed by atoms with E-state index >= 15 is 0 Å².